The topological polar surface area (TPSA) is 45.0 Å². The minimum atomic E-state index is 0.434. The number of likely N-dealkylation sites (tertiary alicyclic amines) is 1. The van der Waals surface area contributed by atoms with Gasteiger partial charge in [0.25, 0.3) is 0 Å². The molecule has 3 nitrogen and oxygen atoms in total. The highest BCUT2D eigenvalue weighted by Gasteiger charge is 2.30. The minimum Gasteiger partial charge on any atom is -0.361 e. The van der Waals surface area contributed by atoms with Crippen molar-refractivity contribution in [1.82, 2.24) is 9.88 Å². The van der Waals surface area contributed by atoms with Gasteiger partial charge in [0.2, 0.25) is 0 Å². The Balaban J connectivity index is 1.99. The van der Waals surface area contributed by atoms with Gasteiger partial charge in [0.05, 0.1) is 5.02 Å². The summed E-state index contributed by atoms with van der Waals surface area (Å²) in [4.78, 5) is 5.61. The second-order valence-electron chi connectivity index (χ2n) is 5.23. The zero-order valence-corrected chi connectivity index (χ0v) is 11.2. The van der Waals surface area contributed by atoms with E-state index in [0.29, 0.717) is 12.0 Å². The van der Waals surface area contributed by atoms with Gasteiger partial charge in [-0.25, -0.2) is 0 Å². The van der Waals surface area contributed by atoms with E-state index in [1.807, 2.05) is 12.3 Å². The third-order valence-electron chi connectivity index (χ3n) is 3.99. The average Bonchev–Trinajstić information content (AvgIpc) is 2.95. The molecule has 0 saturated carbocycles. The predicted molar refractivity (Wildman–Crippen MR) is 75.8 cm³/mol. The van der Waals surface area contributed by atoms with Gasteiger partial charge >= 0.3 is 0 Å². The highest BCUT2D eigenvalue weighted by molar-refractivity contribution is 6.35. The molecule has 1 aromatic heterocycles. The lowest BCUT2D eigenvalue weighted by molar-refractivity contribution is 0.314. The Labute approximate surface area is 112 Å². The van der Waals surface area contributed by atoms with Crippen molar-refractivity contribution in [1.29, 1.82) is 0 Å². The fourth-order valence-electron chi connectivity index (χ4n) is 3.00. The minimum absolute atomic E-state index is 0.434. The normalized spacial score (nSPS) is 25.1. The second-order valence-corrected chi connectivity index (χ2v) is 5.64. The smallest absolute Gasteiger partial charge is 0.0503 e. The first-order valence-corrected chi connectivity index (χ1v) is 6.73. The number of H-pyrrole nitrogens is 1. The lowest BCUT2D eigenvalue weighted by Gasteiger charge is -2.20. The molecule has 0 spiro atoms. The van der Waals surface area contributed by atoms with Crippen LogP contribution in [-0.2, 0) is 0 Å². The Hall–Kier alpha value is -1.03. The number of fused-ring (bicyclic) bond motifs is 1. The van der Waals surface area contributed by atoms with Crippen LogP contribution in [0.4, 0.5) is 0 Å². The van der Waals surface area contributed by atoms with Crippen LogP contribution in [0.5, 0.6) is 0 Å². The third-order valence-corrected chi connectivity index (χ3v) is 4.31. The van der Waals surface area contributed by atoms with Crippen LogP contribution in [0.2, 0.25) is 5.02 Å². The summed E-state index contributed by atoms with van der Waals surface area (Å²) in [7, 11) is 2.16. The molecule has 96 valence electrons. The Morgan fingerprint density at radius 1 is 1.50 bits per heavy atom. The van der Waals surface area contributed by atoms with Gasteiger partial charge < -0.3 is 10.7 Å². The zero-order valence-electron chi connectivity index (χ0n) is 10.5. The van der Waals surface area contributed by atoms with Gasteiger partial charge in [0.15, 0.2) is 0 Å². The van der Waals surface area contributed by atoms with E-state index in [1.165, 1.54) is 5.56 Å². The van der Waals surface area contributed by atoms with E-state index in [1.54, 1.807) is 0 Å². The monoisotopic (exact) mass is 263 g/mol. The molecule has 2 heterocycles. The van der Waals surface area contributed by atoms with Crippen molar-refractivity contribution < 1.29 is 0 Å². The third kappa shape index (κ3) is 1.92. The van der Waals surface area contributed by atoms with Crippen LogP contribution in [-0.4, -0.2) is 30.0 Å². The van der Waals surface area contributed by atoms with Crippen molar-refractivity contribution in [3.8, 4) is 0 Å². The summed E-state index contributed by atoms with van der Waals surface area (Å²) in [6, 6.07) is 6.76. The van der Waals surface area contributed by atoms with Crippen LogP contribution >= 0.6 is 11.6 Å². The molecule has 4 heteroatoms. The summed E-state index contributed by atoms with van der Waals surface area (Å²) in [6.45, 7) is 1.83. The summed E-state index contributed by atoms with van der Waals surface area (Å²) in [6.07, 6.45) is 3.05. The van der Waals surface area contributed by atoms with E-state index in [2.05, 4.69) is 29.1 Å². The molecular formula is C14H18ClN3. The Bertz CT molecular complexity index is 563. The van der Waals surface area contributed by atoms with Crippen molar-refractivity contribution in [2.24, 2.45) is 11.7 Å². The number of hydrogen-bond acceptors (Lipinski definition) is 2. The fraction of sp³-hybridized carbons (Fsp3) is 0.429. The molecule has 1 aromatic carbocycles. The van der Waals surface area contributed by atoms with E-state index in [9.17, 15) is 0 Å². The molecule has 3 N–H and O–H groups in total. The van der Waals surface area contributed by atoms with Crippen LogP contribution in [0, 0.1) is 5.92 Å². The molecule has 2 unspecified atom stereocenters. The van der Waals surface area contributed by atoms with Gasteiger partial charge in [0, 0.05) is 29.7 Å². The van der Waals surface area contributed by atoms with E-state index in [-0.39, 0.29) is 0 Å². The largest absolute Gasteiger partial charge is 0.361 e. The number of nitrogens with two attached hydrogens (primary N) is 1. The molecule has 2 atom stereocenters. The van der Waals surface area contributed by atoms with Gasteiger partial charge in [-0.05, 0) is 49.7 Å². The van der Waals surface area contributed by atoms with Gasteiger partial charge in [-0.1, -0.05) is 11.6 Å². The van der Waals surface area contributed by atoms with E-state index >= 15 is 0 Å². The van der Waals surface area contributed by atoms with Crippen LogP contribution in [0.1, 0.15) is 18.0 Å². The molecule has 0 bridgehead atoms. The Kier molecular flexibility index (Phi) is 3.06. The molecule has 18 heavy (non-hydrogen) atoms. The number of aromatic amines is 1. The van der Waals surface area contributed by atoms with Crippen molar-refractivity contribution in [2.75, 3.05) is 20.1 Å². The molecule has 1 aliphatic rings. The highest BCUT2D eigenvalue weighted by atomic mass is 35.5. The molecule has 1 saturated heterocycles. The first kappa shape index (κ1) is 12.0. The number of hydrogen-bond donors (Lipinski definition) is 2. The van der Waals surface area contributed by atoms with Crippen LogP contribution in [0.25, 0.3) is 10.9 Å². The predicted octanol–water partition coefficient (Wildman–Crippen LogP) is 2.77. The maximum atomic E-state index is 6.34. The summed E-state index contributed by atoms with van der Waals surface area (Å²) in [5.41, 5.74) is 8.18. The molecule has 1 aliphatic heterocycles. The SMILES string of the molecule is CN1CC(CN)CC1c1cc(Cl)c2cc[nH]c2c1. The van der Waals surface area contributed by atoms with Crippen molar-refractivity contribution in [2.45, 2.75) is 12.5 Å². The summed E-state index contributed by atoms with van der Waals surface area (Å²) >= 11 is 6.34. The first-order valence-electron chi connectivity index (χ1n) is 6.36. The Morgan fingerprint density at radius 2 is 2.33 bits per heavy atom. The molecular weight excluding hydrogens is 246 g/mol. The average molecular weight is 264 g/mol. The lowest BCUT2D eigenvalue weighted by atomic mass is 9.99. The molecule has 0 aliphatic carbocycles. The standard InChI is InChI=1S/C14H18ClN3/c1-18-8-9(7-16)4-14(18)10-5-12(15)11-2-3-17-13(11)6-10/h2-3,5-6,9,14,17H,4,7-8,16H2,1H3. The number of aromatic nitrogens is 1. The molecule has 3 rings (SSSR count). The zero-order chi connectivity index (χ0) is 12.7. The van der Waals surface area contributed by atoms with Crippen LogP contribution < -0.4 is 5.73 Å². The summed E-state index contributed by atoms with van der Waals surface area (Å²) in [5, 5.41) is 1.92. The molecule has 2 aromatic rings. The summed E-state index contributed by atoms with van der Waals surface area (Å²) < 4.78 is 0. The van der Waals surface area contributed by atoms with E-state index < -0.39 is 0 Å². The van der Waals surface area contributed by atoms with Gasteiger partial charge in [0.1, 0.15) is 0 Å². The second kappa shape index (κ2) is 4.57. The van der Waals surface area contributed by atoms with E-state index in [0.717, 1.165) is 35.4 Å². The maximum Gasteiger partial charge on any atom is 0.0503 e. The first-order chi connectivity index (χ1) is 8.69. The lowest BCUT2D eigenvalue weighted by Crippen LogP contribution is -2.20. The summed E-state index contributed by atoms with van der Waals surface area (Å²) in [5.74, 6) is 0.595. The Morgan fingerprint density at radius 3 is 3.06 bits per heavy atom. The van der Waals surface area contributed by atoms with Crippen molar-refractivity contribution in [3.05, 3.63) is 35.0 Å². The van der Waals surface area contributed by atoms with Crippen LogP contribution in [0.3, 0.4) is 0 Å². The fourth-order valence-corrected chi connectivity index (χ4v) is 3.29. The number of nitrogens with one attached hydrogen (secondary N) is 1. The van der Waals surface area contributed by atoms with Crippen molar-refractivity contribution >= 4 is 22.5 Å². The van der Waals surface area contributed by atoms with Crippen LogP contribution in [0.15, 0.2) is 24.4 Å². The maximum absolute atomic E-state index is 6.34. The number of benzene rings is 1. The highest BCUT2D eigenvalue weighted by Crippen LogP contribution is 2.36. The number of halogens is 1. The molecule has 0 amide bonds. The van der Waals surface area contributed by atoms with Gasteiger partial charge in [-0.2, -0.15) is 0 Å². The van der Waals surface area contributed by atoms with Crippen molar-refractivity contribution in [3.63, 3.8) is 0 Å². The van der Waals surface area contributed by atoms with E-state index in [4.69, 9.17) is 17.3 Å². The van der Waals surface area contributed by atoms with Gasteiger partial charge in [-0.15, -0.1) is 0 Å². The number of nitrogens with zero attached hydrogens (tertiary/aromatic N) is 1. The van der Waals surface area contributed by atoms with Gasteiger partial charge in [-0.3, -0.25) is 4.90 Å². The molecule has 1 fully saturated rings. The quantitative estimate of drug-likeness (QED) is 0.875. The molecule has 0 radical (unpaired) electrons. The number of rotatable bonds is 2.